The molecule has 56 valence electrons. The molecule has 0 saturated carbocycles. The molecule has 1 heterocycles. The van der Waals surface area contributed by atoms with Gasteiger partial charge in [-0.2, -0.15) is 0 Å². The Morgan fingerprint density at radius 3 is 2.70 bits per heavy atom. The van der Waals surface area contributed by atoms with Crippen LogP contribution in [-0.2, 0) is 0 Å². The molecule has 0 aliphatic heterocycles. The van der Waals surface area contributed by atoms with Gasteiger partial charge in [0.15, 0.2) is 0 Å². The average Bonchev–Trinajstić information content (AvgIpc) is 2.34. The molecule has 0 fully saturated rings. The van der Waals surface area contributed by atoms with Crippen LogP contribution in [0.4, 0.5) is 0 Å². The third kappa shape index (κ3) is 1.33. The molecule has 0 amide bonds. The molecule has 4 nitrogen and oxygen atoms in total. The van der Waals surface area contributed by atoms with E-state index in [0.717, 1.165) is 6.42 Å². The van der Waals surface area contributed by atoms with E-state index >= 15 is 0 Å². The SMILES string of the molecule is CCC(N)c1nnc(C)o1. The van der Waals surface area contributed by atoms with Crippen molar-refractivity contribution < 1.29 is 4.42 Å². The third-order valence-corrected chi connectivity index (χ3v) is 1.30. The maximum atomic E-state index is 5.61. The van der Waals surface area contributed by atoms with Crippen molar-refractivity contribution in [2.24, 2.45) is 5.73 Å². The van der Waals surface area contributed by atoms with Crippen LogP contribution in [0.25, 0.3) is 0 Å². The van der Waals surface area contributed by atoms with E-state index in [4.69, 9.17) is 10.2 Å². The highest BCUT2D eigenvalue weighted by atomic mass is 16.4. The summed E-state index contributed by atoms with van der Waals surface area (Å²) < 4.78 is 5.09. The van der Waals surface area contributed by atoms with Gasteiger partial charge in [-0.3, -0.25) is 0 Å². The Labute approximate surface area is 59.4 Å². The van der Waals surface area contributed by atoms with Crippen molar-refractivity contribution in [2.45, 2.75) is 26.3 Å². The fourth-order valence-electron chi connectivity index (χ4n) is 0.636. The van der Waals surface area contributed by atoms with Crippen molar-refractivity contribution in [2.75, 3.05) is 0 Å². The molecular formula is C6H11N3O. The molecule has 10 heavy (non-hydrogen) atoms. The predicted molar refractivity (Wildman–Crippen MR) is 36.3 cm³/mol. The molecule has 1 aromatic rings. The number of hydrogen-bond acceptors (Lipinski definition) is 4. The lowest BCUT2D eigenvalue weighted by Crippen LogP contribution is -2.08. The van der Waals surface area contributed by atoms with Gasteiger partial charge in [0.1, 0.15) is 0 Å². The maximum Gasteiger partial charge on any atom is 0.233 e. The highest BCUT2D eigenvalue weighted by Gasteiger charge is 2.09. The van der Waals surface area contributed by atoms with E-state index in [0.29, 0.717) is 11.8 Å². The van der Waals surface area contributed by atoms with E-state index in [1.807, 2.05) is 6.92 Å². The molecule has 2 N–H and O–H groups in total. The van der Waals surface area contributed by atoms with E-state index in [2.05, 4.69) is 10.2 Å². The first-order valence-corrected chi connectivity index (χ1v) is 3.29. The minimum atomic E-state index is -0.110. The topological polar surface area (TPSA) is 64.9 Å². The van der Waals surface area contributed by atoms with E-state index in [1.165, 1.54) is 0 Å². The zero-order chi connectivity index (χ0) is 7.56. The summed E-state index contributed by atoms with van der Waals surface area (Å²) in [5.41, 5.74) is 5.61. The molecule has 0 bridgehead atoms. The molecule has 1 unspecified atom stereocenters. The van der Waals surface area contributed by atoms with Crippen LogP contribution in [0, 0.1) is 6.92 Å². The average molecular weight is 141 g/mol. The number of hydrogen-bond donors (Lipinski definition) is 1. The molecule has 0 aromatic carbocycles. The lowest BCUT2D eigenvalue weighted by Gasteiger charge is -1.99. The first-order valence-electron chi connectivity index (χ1n) is 3.29. The number of rotatable bonds is 2. The van der Waals surface area contributed by atoms with Crippen LogP contribution in [0.15, 0.2) is 4.42 Å². The molecule has 1 atom stereocenters. The van der Waals surface area contributed by atoms with Crippen molar-refractivity contribution in [3.8, 4) is 0 Å². The second-order valence-corrected chi connectivity index (χ2v) is 2.17. The zero-order valence-corrected chi connectivity index (χ0v) is 6.16. The number of aromatic nitrogens is 2. The van der Waals surface area contributed by atoms with Gasteiger partial charge in [0.25, 0.3) is 0 Å². The highest BCUT2D eigenvalue weighted by Crippen LogP contribution is 2.10. The monoisotopic (exact) mass is 141 g/mol. The normalized spacial score (nSPS) is 13.5. The Bertz CT molecular complexity index is 209. The van der Waals surface area contributed by atoms with E-state index in [-0.39, 0.29) is 6.04 Å². The van der Waals surface area contributed by atoms with Crippen molar-refractivity contribution in [3.63, 3.8) is 0 Å². The number of aryl methyl sites for hydroxylation is 1. The van der Waals surface area contributed by atoms with Crippen molar-refractivity contribution in [3.05, 3.63) is 11.8 Å². The summed E-state index contributed by atoms with van der Waals surface area (Å²) in [7, 11) is 0. The number of nitrogens with zero attached hydrogens (tertiary/aromatic N) is 2. The van der Waals surface area contributed by atoms with Gasteiger partial charge in [0.2, 0.25) is 11.8 Å². The molecule has 1 aromatic heterocycles. The van der Waals surface area contributed by atoms with Crippen LogP contribution in [0.2, 0.25) is 0 Å². The molecule has 0 saturated heterocycles. The van der Waals surface area contributed by atoms with Gasteiger partial charge in [-0.05, 0) is 6.42 Å². The smallest absolute Gasteiger partial charge is 0.233 e. The highest BCUT2D eigenvalue weighted by molar-refractivity contribution is 4.85. The van der Waals surface area contributed by atoms with Crippen LogP contribution < -0.4 is 5.73 Å². The Hall–Kier alpha value is -0.900. The lowest BCUT2D eigenvalue weighted by atomic mass is 10.2. The standard InChI is InChI=1S/C6H11N3O/c1-3-5(7)6-9-8-4(2)10-6/h5H,3,7H2,1-2H3. The molecule has 0 aliphatic rings. The fraction of sp³-hybridized carbons (Fsp3) is 0.667. The summed E-state index contributed by atoms with van der Waals surface area (Å²) in [6, 6.07) is -0.110. The van der Waals surface area contributed by atoms with Crippen LogP contribution in [0.1, 0.15) is 31.2 Å². The van der Waals surface area contributed by atoms with Crippen molar-refractivity contribution in [1.82, 2.24) is 10.2 Å². The minimum Gasteiger partial charge on any atom is -0.424 e. The Balaban J connectivity index is 2.74. The molecule has 0 spiro atoms. The number of nitrogens with two attached hydrogens (primary N) is 1. The summed E-state index contributed by atoms with van der Waals surface area (Å²) in [6.45, 7) is 3.73. The molecule has 0 aliphatic carbocycles. The third-order valence-electron chi connectivity index (χ3n) is 1.30. The summed E-state index contributed by atoms with van der Waals surface area (Å²) >= 11 is 0. The summed E-state index contributed by atoms with van der Waals surface area (Å²) in [5.74, 6) is 1.10. The molecule has 4 heteroatoms. The van der Waals surface area contributed by atoms with E-state index < -0.39 is 0 Å². The second-order valence-electron chi connectivity index (χ2n) is 2.17. The first-order chi connectivity index (χ1) is 4.74. The summed E-state index contributed by atoms with van der Waals surface area (Å²) in [4.78, 5) is 0. The zero-order valence-electron chi connectivity index (χ0n) is 6.16. The minimum absolute atomic E-state index is 0.110. The largest absolute Gasteiger partial charge is 0.424 e. The van der Waals surface area contributed by atoms with E-state index in [9.17, 15) is 0 Å². The Morgan fingerprint density at radius 1 is 1.60 bits per heavy atom. The quantitative estimate of drug-likeness (QED) is 0.661. The predicted octanol–water partition coefficient (Wildman–Crippen LogP) is 0.788. The van der Waals surface area contributed by atoms with E-state index in [1.54, 1.807) is 6.92 Å². The van der Waals surface area contributed by atoms with Crippen LogP contribution in [-0.4, -0.2) is 10.2 Å². The first kappa shape index (κ1) is 7.21. The lowest BCUT2D eigenvalue weighted by molar-refractivity contribution is 0.425. The second kappa shape index (κ2) is 2.79. The van der Waals surface area contributed by atoms with Gasteiger partial charge in [-0.1, -0.05) is 6.92 Å². The van der Waals surface area contributed by atoms with Gasteiger partial charge in [-0.25, -0.2) is 0 Å². The fourth-order valence-corrected chi connectivity index (χ4v) is 0.636. The van der Waals surface area contributed by atoms with Gasteiger partial charge in [0.05, 0.1) is 6.04 Å². The molecule has 0 radical (unpaired) electrons. The summed E-state index contributed by atoms with van der Waals surface area (Å²) in [5, 5.41) is 7.43. The molecule has 1 rings (SSSR count). The van der Waals surface area contributed by atoms with Crippen LogP contribution in [0.3, 0.4) is 0 Å². The van der Waals surface area contributed by atoms with Gasteiger partial charge >= 0.3 is 0 Å². The van der Waals surface area contributed by atoms with Crippen molar-refractivity contribution >= 4 is 0 Å². The van der Waals surface area contributed by atoms with Crippen LogP contribution >= 0.6 is 0 Å². The Morgan fingerprint density at radius 2 is 2.30 bits per heavy atom. The van der Waals surface area contributed by atoms with Gasteiger partial charge in [-0.15, -0.1) is 10.2 Å². The van der Waals surface area contributed by atoms with Crippen molar-refractivity contribution in [1.29, 1.82) is 0 Å². The van der Waals surface area contributed by atoms with Gasteiger partial charge in [0, 0.05) is 6.92 Å². The van der Waals surface area contributed by atoms with Gasteiger partial charge < -0.3 is 10.2 Å². The Kier molecular flexibility index (Phi) is 2.01. The maximum absolute atomic E-state index is 5.61. The summed E-state index contributed by atoms with van der Waals surface area (Å²) in [6.07, 6.45) is 0.821. The molecular weight excluding hydrogens is 130 g/mol. The van der Waals surface area contributed by atoms with Crippen LogP contribution in [0.5, 0.6) is 0 Å².